The third kappa shape index (κ3) is 2.77. The first kappa shape index (κ1) is 12.8. The number of aromatic carboxylic acids is 1. The van der Waals surface area contributed by atoms with E-state index in [2.05, 4.69) is 31.2 Å². The van der Waals surface area contributed by atoms with Crippen LogP contribution in [0.5, 0.6) is 0 Å². The van der Waals surface area contributed by atoms with Crippen LogP contribution in [0.3, 0.4) is 0 Å². The van der Waals surface area contributed by atoms with Crippen LogP contribution < -0.4 is 5.32 Å². The van der Waals surface area contributed by atoms with Gasteiger partial charge in [-0.15, -0.1) is 0 Å². The van der Waals surface area contributed by atoms with Crippen molar-refractivity contribution < 1.29 is 9.90 Å². The monoisotopic (exact) mass is 327 g/mol. The van der Waals surface area contributed by atoms with E-state index in [0.717, 1.165) is 0 Å². The number of rotatable bonds is 3. The van der Waals surface area contributed by atoms with Gasteiger partial charge in [0.15, 0.2) is 0 Å². The molecule has 1 aromatic carbocycles. The molecule has 1 aromatic heterocycles. The lowest BCUT2D eigenvalue weighted by Gasteiger charge is -2.09. The molecule has 7 heteroatoms. The number of nitrogens with zero attached hydrogens (tertiary/aromatic N) is 2. The number of carboxylic acid groups (broad SMARTS) is 1. The van der Waals surface area contributed by atoms with Gasteiger partial charge in [-0.1, -0.05) is 12.1 Å². The quantitative estimate of drug-likeness (QED) is 0.845. The van der Waals surface area contributed by atoms with Gasteiger partial charge in [0.05, 0.1) is 15.7 Å². The minimum atomic E-state index is -1.02. The normalized spacial score (nSPS) is 10.1. The van der Waals surface area contributed by atoms with E-state index in [1.54, 1.807) is 18.2 Å². The van der Waals surface area contributed by atoms with Crippen LogP contribution in [0.25, 0.3) is 0 Å². The van der Waals surface area contributed by atoms with Crippen LogP contribution in [0.4, 0.5) is 11.5 Å². The van der Waals surface area contributed by atoms with E-state index in [0.29, 0.717) is 16.0 Å². The number of halogens is 2. The van der Waals surface area contributed by atoms with Crippen molar-refractivity contribution in [3.8, 4) is 0 Å². The topological polar surface area (TPSA) is 75.1 Å². The molecule has 2 aromatic rings. The molecule has 0 aliphatic heterocycles. The minimum absolute atomic E-state index is 0.0773. The van der Waals surface area contributed by atoms with Crippen molar-refractivity contribution in [2.24, 2.45) is 0 Å². The Morgan fingerprint density at radius 3 is 2.83 bits per heavy atom. The van der Waals surface area contributed by atoms with Crippen LogP contribution in [0, 0.1) is 0 Å². The van der Waals surface area contributed by atoms with E-state index >= 15 is 0 Å². The second-order valence-corrected chi connectivity index (χ2v) is 4.50. The lowest BCUT2D eigenvalue weighted by molar-refractivity contribution is 0.0698. The summed E-state index contributed by atoms with van der Waals surface area (Å²) in [6, 6.07) is 6.52. The zero-order valence-electron chi connectivity index (χ0n) is 8.89. The number of para-hydroxylation sites is 1. The van der Waals surface area contributed by atoms with E-state index in [1.807, 2.05) is 0 Å². The number of aromatic nitrogens is 2. The van der Waals surface area contributed by atoms with E-state index < -0.39 is 5.97 Å². The van der Waals surface area contributed by atoms with Gasteiger partial charge in [0.25, 0.3) is 0 Å². The molecule has 0 amide bonds. The number of carbonyl (C=O) groups is 1. The Hall–Kier alpha value is -1.66. The molecule has 2 rings (SSSR count). The molecule has 2 N–H and O–H groups in total. The smallest absolute Gasteiger partial charge is 0.337 e. The zero-order chi connectivity index (χ0) is 13.1. The lowest BCUT2D eigenvalue weighted by atomic mass is 10.2. The maximum Gasteiger partial charge on any atom is 0.337 e. The minimum Gasteiger partial charge on any atom is -0.478 e. The van der Waals surface area contributed by atoms with Crippen molar-refractivity contribution in [2.45, 2.75) is 0 Å². The van der Waals surface area contributed by atoms with Crippen LogP contribution in [-0.4, -0.2) is 21.0 Å². The first-order valence-electron chi connectivity index (χ1n) is 4.85. The predicted molar refractivity (Wildman–Crippen MR) is 71.4 cm³/mol. The molecule has 92 valence electrons. The van der Waals surface area contributed by atoms with Crippen molar-refractivity contribution in [3.63, 3.8) is 0 Å². The summed E-state index contributed by atoms with van der Waals surface area (Å²) in [5.74, 6) is -0.613. The third-order valence-electron chi connectivity index (χ3n) is 2.13. The van der Waals surface area contributed by atoms with Crippen molar-refractivity contribution >= 4 is 45.0 Å². The summed E-state index contributed by atoms with van der Waals surface area (Å²) in [7, 11) is 0. The average Bonchev–Trinajstić information content (AvgIpc) is 2.34. The Balaban J connectivity index is 2.40. The fourth-order valence-corrected chi connectivity index (χ4v) is 1.76. The highest BCUT2D eigenvalue weighted by Gasteiger charge is 2.11. The second kappa shape index (κ2) is 5.32. The summed E-state index contributed by atoms with van der Waals surface area (Å²) in [6.07, 6.45) is 1.49. The Morgan fingerprint density at radius 1 is 1.39 bits per heavy atom. The van der Waals surface area contributed by atoms with E-state index in [1.165, 1.54) is 12.3 Å². The highest BCUT2D eigenvalue weighted by molar-refractivity contribution is 9.10. The van der Waals surface area contributed by atoms with Gasteiger partial charge in [-0.3, -0.25) is 0 Å². The van der Waals surface area contributed by atoms with Crippen molar-refractivity contribution in [1.82, 2.24) is 9.97 Å². The second-order valence-electron chi connectivity index (χ2n) is 3.31. The van der Waals surface area contributed by atoms with Gasteiger partial charge in [-0.25, -0.2) is 9.78 Å². The maximum absolute atomic E-state index is 11.1. The van der Waals surface area contributed by atoms with Gasteiger partial charge >= 0.3 is 5.97 Å². The molecule has 0 unspecified atom stereocenters. The van der Waals surface area contributed by atoms with Gasteiger partial charge in [0.2, 0.25) is 5.28 Å². The summed E-state index contributed by atoms with van der Waals surface area (Å²) >= 11 is 8.94. The number of anilines is 2. The molecular weight excluding hydrogens is 321 g/mol. The van der Waals surface area contributed by atoms with Gasteiger partial charge in [0, 0.05) is 6.20 Å². The molecule has 0 atom stereocenters. The summed E-state index contributed by atoms with van der Waals surface area (Å²) in [6.45, 7) is 0. The Morgan fingerprint density at radius 2 is 2.11 bits per heavy atom. The Labute approximate surface area is 116 Å². The molecule has 0 spiro atoms. The number of nitrogens with one attached hydrogen (secondary N) is 1. The van der Waals surface area contributed by atoms with Crippen molar-refractivity contribution in [2.75, 3.05) is 5.32 Å². The molecule has 0 aliphatic carbocycles. The molecule has 0 radical (unpaired) electrons. The van der Waals surface area contributed by atoms with Crippen LogP contribution in [0.2, 0.25) is 5.28 Å². The standard InChI is InChI=1S/C11H7BrClN3O2/c12-7-5-14-11(13)16-9(7)15-8-4-2-1-3-6(8)10(17)18/h1-5H,(H,17,18)(H,14,15,16). The van der Waals surface area contributed by atoms with Gasteiger partial charge in [-0.2, -0.15) is 4.98 Å². The molecular formula is C11H7BrClN3O2. The fraction of sp³-hybridized carbons (Fsp3) is 0. The predicted octanol–water partition coefficient (Wildman–Crippen LogP) is 3.33. The molecule has 0 fully saturated rings. The summed E-state index contributed by atoms with van der Waals surface area (Å²) in [5, 5.41) is 12.0. The first-order valence-corrected chi connectivity index (χ1v) is 6.02. The van der Waals surface area contributed by atoms with Gasteiger partial charge in [0.1, 0.15) is 5.82 Å². The molecule has 18 heavy (non-hydrogen) atoms. The molecule has 1 heterocycles. The van der Waals surface area contributed by atoms with E-state index in [9.17, 15) is 4.79 Å². The van der Waals surface area contributed by atoms with Crippen LogP contribution in [0.15, 0.2) is 34.9 Å². The maximum atomic E-state index is 11.1. The van der Waals surface area contributed by atoms with Crippen LogP contribution in [-0.2, 0) is 0 Å². The van der Waals surface area contributed by atoms with Crippen LogP contribution in [0.1, 0.15) is 10.4 Å². The van der Waals surface area contributed by atoms with Crippen molar-refractivity contribution in [3.05, 3.63) is 45.8 Å². The highest BCUT2D eigenvalue weighted by Crippen LogP contribution is 2.26. The largest absolute Gasteiger partial charge is 0.478 e. The lowest BCUT2D eigenvalue weighted by Crippen LogP contribution is -2.04. The Bertz CT molecular complexity index is 607. The molecule has 5 nitrogen and oxygen atoms in total. The summed E-state index contributed by atoms with van der Waals surface area (Å²) in [5.41, 5.74) is 0.583. The first-order chi connectivity index (χ1) is 8.58. The SMILES string of the molecule is O=C(O)c1ccccc1Nc1nc(Cl)ncc1Br. The third-order valence-corrected chi connectivity index (χ3v) is 2.89. The zero-order valence-corrected chi connectivity index (χ0v) is 11.2. The molecule has 0 bridgehead atoms. The molecule has 0 saturated heterocycles. The highest BCUT2D eigenvalue weighted by atomic mass is 79.9. The Kier molecular flexibility index (Phi) is 3.78. The summed E-state index contributed by atoms with van der Waals surface area (Å²) in [4.78, 5) is 18.8. The van der Waals surface area contributed by atoms with E-state index in [-0.39, 0.29) is 10.8 Å². The molecule has 0 aliphatic rings. The average molecular weight is 329 g/mol. The van der Waals surface area contributed by atoms with Gasteiger partial charge in [-0.05, 0) is 39.7 Å². The number of benzene rings is 1. The molecule has 0 saturated carbocycles. The van der Waals surface area contributed by atoms with E-state index in [4.69, 9.17) is 16.7 Å². The fourth-order valence-electron chi connectivity index (χ4n) is 1.34. The van der Waals surface area contributed by atoms with Crippen LogP contribution >= 0.6 is 27.5 Å². The van der Waals surface area contributed by atoms with Gasteiger partial charge < -0.3 is 10.4 Å². The number of carboxylic acids is 1. The van der Waals surface area contributed by atoms with Crippen molar-refractivity contribution in [1.29, 1.82) is 0 Å². The summed E-state index contributed by atoms with van der Waals surface area (Å²) < 4.78 is 0.590. The number of hydrogen-bond acceptors (Lipinski definition) is 4. The number of hydrogen-bond donors (Lipinski definition) is 2.